The average Bonchev–Trinajstić information content (AvgIpc) is 3.50. The van der Waals surface area contributed by atoms with Gasteiger partial charge in [0.05, 0.1) is 12.8 Å². The fourth-order valence-electron chi connectivity index (χ4n) is 3.91. The monoisotopic (exact) mass is 523 g/mol. The average molecular weight is 524 g/mol. The number of carbonyl (C=O) groups excluding carboxylic acids is 3. The molecule has 7 nitrogen and oxygen atoms in total. The lowest BCUT2D eigenvalue weighted by Gasteiger charge is -2.13. The molecule has 4 aromatic rings. The number of rotatable bonds is 8. The zero-order chi connectivity index (χ0) is 26.6. The van der Waals surface area contributed by atoms with Crippen molar-refractivity contribution in [1.82, 2.24) is 4.90 Å². The molecule has 5 rings (SSSR count). The van der Waals surface area contributed by atoms with Gasteiger partial charge >= 0.3 is 0 Å². The molecule has 0 radical (unpaired) electrons. The van der Waals surface area contributed by atoms with Crippen LogP contribution in [0.15, 0.2) is 111 Å². The summed E-state index contributed by atoms with van der Waals surface area (Å²) in [5.41, 5.74) is 4.18. The van der Waals surface area contributed by atoms with Gasteiger partial charge in [0.1, 0.15) is 16.4 Å². The summed E-state index contributed by atoms with van der Waals surface area (Å²) in [7, 11) is 0. The van der Waals surface area contributed by atoms with Crippen LogP contribution in [0.3, 0.4) is 0 Å². The Kier molecular flexibility index (Phi) is 7.15. The SMILES string of the molecule is Cc1ccc(NC2=C(Sc3cccc(NC(=O)c4ccc(C)cc4)c3)C(=O)N(Cc3ccco3)C2=O)cc1. The smallest absolute Gasteiger partial charge is 0.278 e. The van der Waals surface area contributed by atoms with E-state index in [4.69, 9.17) is 4.42 Å². The van der Waals surface area contributed by atoms with Crippen molar-refractivity contribution in [3.63, 3.8) is 0 Å². The summed E-state index contributed by atoms with van der Waals surface area (Å²) >= 11 is 1.17. The summed E-state index contributed by atoms with van der Waals surface area (Å²) in [6.07, 6.45) is 1.51. The molecule has 0 aliphatic carbocycles. The highest BCUT2D eigenvalue weighted by Gasteiger charge is 2.39. The first kappa shape index (κ1) is 25.1. The Hall–Kier alpha value is -4.56. The third-order valence-corrected chi connectivity index (χ3v) is 7.04. The van der Waals surface area contributed by atoms with E-state index in [1.54, 1.807) is 42.5 Å². The van der Waals surface area contributed by atoms with Crippen molar-refractivity contribution < 1.29 is 18.8 Å². The summed E-state index contributed by atoms with van der Waals surface area (Å²) in [5.74, 6) is -0.573. The van der Waals surface area contributed by atoms with E-state index in [-0.39, 0.29) is 23.1 Å². The fourth-order valence-corrected chi connectivity index (χ4v) is 4.91. The zero-order valence-electron chi connectivity index (χ0n) is 20.9. The van der Waals surface area contributed by atoms with Crippen LogP contribution in [0.25, 0.3) is 0 Å². The Morgan fingerprint density at radius 3 is 2.24 bits per heavy atom. The van der Waals surface area contributed by atoms with Crippen LogP contribution < -0.4 is 10.6 Å². The second kappa shape index (κ2) is 10.8. The van der Waals surface area contributed by atoms with Crippen LogP contribution in [0.4, 0.5) is 11.4 Å². The van der Waals surface area contributed by atoms with E-state index in [1.807, 2.05) is 56.3 Å². The van der Waals surface area contributed by atoms with Crippen molar-refractivity contribution in [2.75, 3.05) is 10.6 Å². The molecule has 0 atom stereocenters. The summed E-state index contributed by atoms with van der Waals surface area (Å²) < 4.78 is 5.38. The van der Waals surface area contributed by atoms with E-state index in [0.717, 1.165) is 11.1 Å². The lowest BCUT2D eigenvalue weighted by Crippen LogP contribution is -2.31. The van der Waals surface area contributed by atoms with Crippen LogP contribution >= 0.6 is 11.8 Å². The molecule has 190 valence electrons. The Morgan fingerprint density at radius 2 is 1.55 bits per heavy atom. The number of anilines is 2. The maximum atomic E-state index is 13.5. The predicted molar refractivity (Wildman–Crippen MR) is 148 cm³/mol. The van der Waals surface area contributed by atoms with E-state index in [0.29, 0.717) is 27.6 Å². The van der Waals surface area contributed by atoms with Crippen LogP contribution in [0.2, 0.25) is 0 Å². The van der Waals surface area contributed by atoms with Crippen molar-refractivity contribution in [2.24, 2.45) is 0 Å². The second-order valence-corrected chi connectivity index (χ2v) is 10.0. The summed E-state index contributed by atoms with van der Waals surface area (Å²) in [6.45, 7) is 3.97. The Morgan fingerprint density at radius 1 is 0.842 bits per heavy atom. The van der Waals surface area contributed by atoms with E-state index in [9.17, 15) is 14.4 Å². The van der Waals surface area contributed by atoms with Gasteiger partial charge in [-0.3, -0.25) is 19.3 Å². The van der Waals surface area contributed by atoms with Crippen molar-refractivity contribution in [3.8, 4) is 0 Å². The molecule has 0 saturated heterocycles. The number of thioether (sulfide) groups is 1. The molecule has 3 aromatic carbocycles. The quantitative estimate of drug-likeness (QED) is 0.270. The Labute approximate surface area is 224 Å². The first-order valence-corrected chi connectivity index (χ1v) is 12.8. The summed E-state index contributed by atoms with van der Waals surface area (Å²) in [5, 5.41) is 6.05. The van der Waals surface area contributed by atoms with Gasteiger partial charge in [-0.05, 0) is 68.4 Å². The Balaban J connectivity index is 1.41. The number of nitrogens with one attached hydrogen (secondary N) is 2. The standard InChI is InChI=1S/C30H25N3O4S/c1-19-8-12-21(13-9-19)28(34)32-23-5-3-7-25(17-23)38-27-26(31-22-14-10-20(2)11-15-22)29(35)33(30(27)36)18-24-6-4-16-37-24/h3-17,31H,18H2,1-2H3,(H,32,34). The first-order chi connectivity index (χ1) is 18.4. The number of hydrogen-bond donors (Lipinski definition) is 2. The van der Waals surface area contributed by atoms with Crippen molar-refractivity contribution in [2.45, 2.75) is 25.3 Å². The third kappa shape index (κ3) is 5.55. The van der Waals surface area contributed by atoms with Crippen LogP contribution in [0, 0.1) is 13.8 Å². The minimum atomic E-state index is -0.432. The third-order valence-electron chi connectivity index (χ3n) is 5.97. The molecular formula is C30H25N3O4S. The van der Waals surface area contributed by atoms with Gasteiger partial charge in [0.25, 0.3) is 17.7 Å². The molecule has 0 spiro atoms. The largest absolute Gasteiger partial charge is 0.467 e. The molecule has 3 amide bonds. The van der Waals surface area contributed by atoms with Crippen molar-refractivity contribution >= 4 is 40.9 Å². The van der Waals surface area contributed by atoms with E-state index in [1.165, 1.54) is 22.9 Å². The lowest BCUT2D eigenvalue weighted by molar-refractivity contribution is -0.138. The number of aryl methyl sites for hydroxylation is 2. The molecule has 0 saturated carbocycles. The van der Waals surface area contributed by atoms with Gasteiger partial charge in [-0.1, -0.05) is 53.2 Å². The van der Waals surface area contributed by atoms with Gasteiger partial charge in [0, 0.05) is 21.8 Å². The molecular weight excluding hydrogens is 498 g/mol. The molecule has 1 aliphatic heterocycles. The first-order valence-electron chi connectivity index (χ1n) is 12.0. The van der Waals surface area contributed by atoms with Gasteiger partial charge in [0.2, 0.25) is 0 Å². The van der Waals surface area contributed by atoms with Crippen LogP contribution in [0.5, 0.6) is 0 Å². The van der Waals surface area contributed by atoms with Crippen LogP contribution in [-0.4, -0.2) is 22.6 Å². The fraction of sp³-hybridized carbons (Fsp3) is 0.100. The minimum absolute atomic E-state index is 0.0282. The lowest BCUT2D eigenvalue weighted by atomic mass is 10.1. The molecule has 0 fully saturated rings. The number of carbonyl (C=O) groups is 3. The van der Waals surface area contributed by atoms with Gasteiger partial charge in [-0.15, -0.1) is 0 Å². The molecule has 0 unspecified atom stereocenters. The van der Waals surface area contributed by atoms with Gasteiger partial charge in [-0.25, -0.2) is 0 Å². The number of benzene rings is 3. The second-order valence-electron chi connectivity index (χ2n) is 8.92. The molecule has 2 N–H and O–H groups in total. The van der Waals surface area contributed by atoms with E-state index < -0.39 is 11.8 Å². The highest BCUT2D eigenvalue weighted by molar-refractivity contribution is 8.04. The van der Waals surface area contributed by atoms with Gasteiger partial charge < -0.3 is 15.1 Å². The normalized spacial score (nSPS) is 13.3. The molecule has 2 heterocycles. The number of amides is 3. The van der Waals surface area contributed by atoms with Crippen LogP contribution in [-0.2, 0) is 16.1 Å². The van der Waals surface area contributed by atoms with Crippen molar-refractivity contribution in [1.29, 1.82) is 0 Å². The summed E-state index contributed by atoms with van der Waals surface area (Å²) in [6, 6.07) is 25.5. The summed E-state index contributed by atoms with van der Waals surface area (Å²) in [4.78, 5) is 41.7. The molecule has 1 aliphatic rings. The number of hydrogen-bond acceptors (Lipinski definition) is 6. The Bertz CT molecular complexity index is 1520. The highest BCUT2D eigenvalue weighted by Crippen LogP contribution is 2.37. The van der Waals surface area contributed by atoms with Crippen molar-refractivity contribution in [3.05, 3.63) is 124 Å². The molecule has 0 bridgehead atoms. The van der Waals surface area contributed by atoms with E-state index >= 15 is 0 Å². The minimum Gasteiger partial charge on any atom is -0.467 e. The number of imide groups is 1. The molecule has 8 heteroatoms. The highest BCUT2D eigenvalue weighted by atomic mass is 32.2. The topological polar surface area (TPSA) is 91.7 Å². The van der Waals surface area contributed by atoms with Gasteiger partial charge in [-0.2, -0.15) is 0 Å². The molecule has 1 aromatic heterocycles. The zero-order valence-corrected chi connectivity index (χ0v) is 21.7. The maximum Gasteiger partial charge on any atom is 0.278 e. The van der Waals surface area contributed by atoms with Gasteiger partial charge in [0.15, 0.2) is 0 Å². The number of nitrogens with zero attached hydrogens (tertiary/aromatic N) is 1. The van der Waals surface area contributed by atoms with Crippen LogP contribution in [0.1, 0.15) is 27.2 Å². The predicted octanol–water partition coefficient (Wildman–Crippen LogP) is 6.13. The number of furan rings is 1. The van der Waals surface area contributed by atoms with E-state index in [2.05, 4.69) is 10.6 Å². The molecule has 38 heavy (non-hydrogen) atoms. The maximum absolute atomic E-state index is 13.5.